The van der Waals surface area contributed by atoms with Crippen molar-refractivity contribution >= 4 is 11.7 Å². The van der Waals surface area contributed by atoms with Crippen LogP contribution >= 0.6 is 0 Å². The summed E-state index contributed by atoms with van der Waals surface area (Å²) in [5.41, 5.74) is -0.334. The van der Waals surface area contributed by atoms with Gasteiger partial charge in [0.25, 0.3) is 5.91 Å². The lowest BCUT2D eigenvalue weighted by atomic mass is 10.2. The van der Waals surface area contributed by atoms with Crippen molar-refractivity contribution in [3.05, 3.63) is 71.9 Å². The molecule has 3 aromatic heterocycles. The number of anilines is 1. The molecule has 0 aliphatic carbocycles. The van der Waals surface area contributed by atoms with Crippen LogP contribution in [0.1, 0.15) is 21.7 Å². The molecule has 27 heavy (non-hydrogen) atoms. The Balaban J connectivity index is 1.76. The number of aromatic nitrogens is 3. The van der Waals surface area contributed by atoms with Gasteiger partial charge in [-0.2, -0.15) is 13.2 Å². The van der Waals surface area contributed by atoms with Crippen molar-refractivity contribution in [3.8, 4) is 11.5 Å². The number of halogens is 3. The second-order valence-corrected chi connectivity index (χ2v) is 5.50. The number of pyridine rings is 3. The molecular formula is C18H13F3N4O2. The summed E-state index contributed by atoms with van der Waals surface area (Å²) >= 11 is 0. The summed E-state index contributed by atoms with van der Waals surface area (Å²) in [5, 5.41) is 2.41. The van der Waals surface area contributed by atoms with Gasteiger partial charge in [0, 0.05) is 30.2 Å². The zero-order chi connectivity index (χ0) is 19.4. The molecule has 6 nitrogen and oxygen atoms in total. The van der Waals surface area contributed by atoms with E-state index in [1.54, 1.807) is 31.3 Å². The monoisotopic (exact) mass is 374 g/mol. The third-order valence-corrected chi connectivity index (χ3v) is 3.36. The molecule has 0 aliphatic heterocycles. The van der Waals surface area contributed by atoms with Crippen LogP contribution in [0.4, 0.5) is 19.0 Å². The normalized spacial score (nSPS) is 11.1. The first-order chi connectivity index (χ1) is 12.8. The largest absolute Gasteiger partial charge is 0.456 e. The lowest BCUT2D eigenvalue weighted by Gasteiger charge is -2.10. The van der Waals surface area contributed by atoms with Gasteiger partial charge in [-0.15, -0.1) is 0 Å². The average molecular weight is 374 g/mol. The highest BCUT2D eigenvalue weighted by Crippen LogP contribution is 2.29. The van der Waals surface area contributed by atoms with Crippen LogP contribution in [0.3, 0.4) is 0 Å². The van der Waals surface area contributed by atoms with E-state index < -0.39 is 17.6 Å². The smallest absolute Gasteiger partial charge is 0.417 e. The van der Waals surface area contributed by atoms with Gasteiger partial charge in [0.1, 0.15) is 23.0 Å². The summed E-state index contributed by atoms with van der Waals surface area (Å²) in [7, 11) is 0. The molecule has 0 aliphatic rings. The Morgan fingerprint density at radius 1 is 1.11 bits per heavy atom. The van der Waals surface area contributed by atoms with E-state index >= 15 is 0 Å². The molecule has 3 heterocycles. The molecule has 0 bridgehead atoms. The van der Waals surface area contributed by atoms with E-state index in [0.29, 0.717) is 23.4 Å². The zero-order valence-corrected chi connectivity index (χ0v) is 14.0. The van der Waals surface area contributed by atoms with Crippen LogP contribution in [-0.2, 0) is 6.18 Å². The Morgan fingerprint density at radius 3 is 2.56 bits per heavy atom. The summed E-state index contributed by atoms with van der Waals surface area (Å²) in [6.45, 7) is 1.68. The Hall–Kier alpha value is -3.49. The second kappa shape index (κ2) is 7.40. The van der Waals surface area contributed by atoms with Gasteiger partial charge < -0.3 is 10.1 Å². The first-order valence-electron chi connectivity index (χ1n) is 7.72. The number of nitrogens with zero attached hydrogens (tertiary/aromatic N) is 3. The number of ether oxygens (including phenoxy) is 1. The van der Waals surface area contributed by atoms with Crippen molar-refractivity contribution in [1.82, 2.24) is 15.0 Å². The number of nitrogens with one attached hydrogen (secondary N) is 1. The molecule has 9 heteroatoms. The molecule has 138 valence electrons. The number of hydrogen-bond acceptors (Lipinski definition) is 5. The van der Waals surface area contributed by atoms with E-state index in [0.717, 1.165) is 12.1 Å². The van der Waals surface area contributed by atoms with E-state index in [1.165, 1.54) is 12.3 Å². The quantitative estimate of drug-likeness (QED) is 0.739. The molecule has 0 aromatic carbocycles. The third-order valence-electron chi connectivity index (χ3n) is 3.36. The van der Waals surface area contributed by atoms with Crippen LogP contribution in [0.25, 0.3) is 0 Å². The number of carbonyl (C=O) groups excluding carboxylic acids is 1. The van der Waals surface area contributed by atoms with Crippen LogP contribution in [0, 0.1) is 6.92 Å². The summed E-state index contributed by atoms with van der Waals surface area (Å²) in [6, 6.07) is 8.37. The van der Waals surface area contributed by atoms with E-state index in [1.807, 2.05) is 0 Å². The molecule has 1 amide bonds. The molecule has 0 atom stereocenters. The Bertz CT molecular complexity index is 945. The fraction of sp³-hybridized carbons (Fsp3) is 0.111. The number of aryl methyl sites for hydroxylation is 1. The topological polar surface area (TPSA) is 77.0 Å². The molecule has 3 aromatic rings. The minimum absolute atomic E-state index is 0.0222. The lowest BCUT2D eigenvalue weighted by molar-refractivity contribution is -0.137. The van der Waals surface area contributed by atoms with Crippen LogP contribution in [-0.4, -0.2) is 20.9 Å². The number of amides is 1. The van der Waals surface area contributed by atoms with Crippen LogP contribution in [0.2, 0.25) is 0 Å². The predicted octanol–water partition coefficient (Wildman–Crippen LogP) is 4.24. The molecule has 0 saturated heterocycles. The first-order valence-corrected chi connectivity index (χ1v) is 7.72. The zero-order valence-electron chi connectivity index (χ0n) is 14.0. The Morgan fingerprint density at radius 2 is 1.93 bits per heavy atom. The SMILES string of the molecule is Cc1cc(Oc2cccnc2)cc(C(=O)Nc2ccc(C(F)(F)F)cn2)n1. The predicted molar refractivity (Wildman–Crippen MR) is 90.5 cm³/mol. The van der Waals surface area contributed by atoms with Gasteiger partial charge in [0.2, 0.25) is 0 Å². The summed E-state index contributed by atoms with van der Waals surface area (Å²) in [6.07, 6.45) is -0.732. The van der Waals surface area contributed by atoms with Crippen molar-refractivity contribution < 1.29 is 22.7 Å². The molecule has 0 fully saturated rings. The number of alkyl halides is 3. The van der Waals surface area contributed by atoms with Gasteiger partial charge in [0.05, 0.1) is 11.8 Å². The maximum atomic E-state index is 12.6. The van der Waals surface area contributed by atoms with E-state index in [9.17, 15) is 18.0 Å². The fourth-order valence-corrected chi connectivity index (χ4v) is 2.17. The molecular weight excluding hydrogens is 361 g/mol. The first kappa shape index (κ1) is 18.3. The third kappa shape index (κ3) is 4.78. The fourth-order valence-electron chi connectivity index (χ4n) is 2.17. The van der Waals surface area contributed by atoms with Crippen molar-refractivity contribution in [1.29, 1.82) is 0 Å². The minimum Gasteiger partial charge on any atom is -0.456 e. The molecule has 3 rings (SSSR count). The average Bonchev–Trinajstić information content (AvgIpc) is 2.62. The second-order valence-electron chi connectivity index (χ2n) is 5.50. The van der Waals surface area contributed by atoms with Crippen LogP contribution in [0.15, 0.2) is 55.0 Å². The summed E-state index contributed by atoms with van der Waals surface area (Å²) < 4.78 is 43.3. The van der Waals surface area contributed by atoms with Crippen molar-refractivity contribution in [2.24, 2.45) is 0 Å². The van der Waals surface area contributed by atoms with E-state index in [2.05, 4.69) is 20.3 Å². The van der Waals surface area contributed by atoms with E-state index in [4.69, 9.17) is 4.74 Å². The van der Waals surface area contributed by atoms with Gasteiger partial charge in [0.15, 0.2) is 0 Å². The maximum Gasteiger partial charge on any atom is 0.417 e. The van der Waals surface area contributed by atoms with Gasteiger partial charge >= 0.3 is 6.18 Å². The summed E-state index contributed by atoms with van der Waals surface area (Å²) in [4.78, 5) is 24.0. The van der Waals surface area contributed by atoms with Gasteiger partial charge in [-0.05, 0) is 31.2 Å². The lowest BCUT2D eigenvalue weighted by Crippen LogP contribution is -2.15. The maximum absolute atomic E-state index is 12.6. The van der Waals surface area contributed by atoms with Gasteiger partial charge in [-0.3, -0.25) is 9.78 Å². The van der Waals surface area contributed by atoms with Crippen LogP contribution < -0.4 is 10.1 Å². The molecule has 0 unspecified atom stereocenters. The van der Waals surface area contributed by atoms with Gasteiger partial charge in [-0.25, -0.2) is 9.97 Å². The number of rotatable bonds is 4. The molecule has 0 radical (unpaired) electrons. The van der Waals surface area contributed by atoms with Crippen molar-refractivity contribution in [2.45, 2.75) is 13.1 Å². The minimum atomic E-state index is -4.49. The summed E-state index contributed by atoms with van der Waals surface area (Å²) in [5.74, 6) is 0.216. The standard InChI is InChI=1S/C18H13F3N4O2/c1-11-7-14(27-13-3-2-6-22-10-13)8-15(24-11)17(26)25-16-5-4-12(9-23-16)18(19,20)21/h2-10H,1H3,(H,23,25,26). The highest BCUT2D eigenvalue weighted by atomic mass is 19.4. The van der Waals surface area contributed by atoms with Gasteiger partial charge in [-0.1, -0.05) is 0 Å². The number of carbonyl (C=O) groups is 1. The highest BCUT2D eigenvalue weighted by molar-refractivity contribution is 6.02. The van der Waals surface area contributed by atoms with E-state index in [-0.39, 0.29) is 11.5 Å². The van der Waals surface area contributed by atoms with Crippen molar-refractivity contribution in [2.75, 3.05) is 5.32 Å². The number of hydrogen-bond donors (Lipinski definition) is 1. The molecule has 0 spiro atoms. The van der Waals surface area contributed by atoms with Crippen LogP contribution in [0.5, 0.6) is 11.5 Å². The Kier molecular flexibility index (Phi) is 5.02. The molecule has 1 N–H and O–H groups in total. The Labute approximate surface area is 152 Å². The molecule has 0 saturated carbocycles. The van der Waals surface area contributed by atoms with Crippen molar-refractivity contribution in [3.63, 3.8) is 0 Å². The highest BCUT2D eigenvalue weighted by Gasteiger charge is 2.30.